The fourth-order valence-electron chi connectivity index (χ4n) is 0. The molecule has 1 atom stereocenters. The molecule has 0 amide bonds. The molecule has 0 aliphatic heterocycles. The Morgan fingerprint density at radius 1 is 1.78 bits per heavy atom. The molecule has 0 aromatic carbocycles. The molecule has 0 bridgehead atoms. The second-order valence-electron chi connectivity index (χ2n) is 1.61. The average molecular weight is 168 g/mol. The van der Waals surface area contributed by atoms with Crippen LogP contribution in [-0.4, -0.2) is 43.2 Å². The normalized spacial score (nSPS) is 13.3. The van der Waals surface area contributed by atoms with Crippen molar-refractivity contribution in [2.75, 3.05) is 6.61 Å². The van der Waals surface area contributed by atoms with Crippen LogP contribution in [0.15, 0.2) is 0 Å². The van der Waals surface area contributed by atoms with Crippen LogP contribution >= 0.6 is 0 Å². The Bertz CT molecular complexity index is 40.8. The van der Waals surface area contributed by atoms with Crippen LogP contribution in [0.3, 0.4) is 0 Å². The average Bonchev–Trinajstić information content (AvgIpc) is 1.89. The van der Waals surface area contributed by atoms with Crippen molar-refractivity contribution in [3.05, 3.63) is 0 Å². The van der Waals surface area contributed by atoms with Gasteiger partial charge >= 0.3 is 0 Å². The summed E-state index contributed by atoms with van der Waals surface area (Å²) < 4.78 is 4.82. The van der Waals surface area contributed by atoms with Crippen molar-refractivity contribution in [2.24, 2.45) is 0 Å². The molecule has 0 fully saturated rings. The van der Waals surface area contributed by atoms with E-state index in [4.69, 9.17) is 14.3 Å². The lowest BCUT2D eigenvalue weighted by molar-refractivity contribution is 0.110. The van der Waals surface area contributed by atoms with Gasteiger partial charge in [0.15, 0.2) is 0 Å². The maximum absolute atomic E-state index is 8.11. The first-order chi connectivity index (χ1) is 4.18. The highest BCUT2D eigenvalue weighted by atomic mass is 28.3. The highest BCUT2D eigenvalue weighted by molar-refractivity contribution is 6.32. The lowest BCUT2D eigenvalue weighted by atomic mass is 10.5. The van der Waals surface area contributed by atoms with Gasteiger partial charge in [-0.15, -0.1) is 0 Å². The van der Waals surface area contributed by atoms with E-state index < -0.39 is 6.10 Å². The van der Waals surface area contributed by atoms with Crippen LogP contribution in [0.5, 0.6) is 0 Å². The molecule has 0 saturated carbocycles. The zero-order chi connectivity index (χ0) is 7.70. The van der Waals surface area contributed by atoms with Gasteiger partial charge in [0.25, 0.3) is 0 Å². The molecule has 0 spiro atoms. The van der Waals surface area contributed by atoms with E-state index in [9.17, 15) is 0 Å². The first kappa shape index (κ1) is 12.0. The third-order valence-electron chi connectivity index (χ3n) is 0.553. The van der Waals surface area contributed by atoms with Gasteiger partial charge in [0.2, 0.25) is 0 Å². The van der Waals surface area contributed by atoms with Crippen molar-refractivity contribution < 1.29 is 14.3 Å². The summed E-state index contributed by atoms with van der Waals surface area (Å²) in [5.74, 6) is 0. The monoisotopic (exact) mass is 168 g/mol. The number of rotatable bonds is 2. The number of hydrogen-bond acceptors (Lipinski definition) is 3. The molecule has 58 valence electrons. The first-order valence-electron chi connectivity index (χ1n) is 2.96. The lowest BCUT2D eigenvalue weighted by Gasteiger charge is -1.90. The molecule has 0 aliphatic rings. The first-order valence-corrected chi connectivity index (χ1v) is 5.77. The van der Waals surface area contributed by atoms with Crippen LogP contribution in [0.2, 0.25) is 6.55 Å². The van der Waals surface area contributed by atoms with Crippen molar-refractivity contribution in [1.82, 2.24) is 0 Å². The molecule has 9 heavy (non-hydrogen) atoms. The van der Waals surface area contributed by atoms with E-state index in [2.05, 4.69) is 6.55 Å². The molecule has 0 rings (SSSR count). The molecule has 2 N–H and O–H groups in total. The minimum absolute atomic E-state index is 0.0139. The van der Waals surface area contributed by atoms with Gasteiger partial charge in [0.05, 0.1) is 12.7 Å². The zero-order valence-electron chi connectivity index (χ0n) is 6.29. The van der Waals surface area contributed by atoms with Gasteiger partial charge in [-0.25, -0.2) is 0 Å². The number of hydrogen-bond donors (Lipinski definition) is 2. The predicted octanol–water partition coefficient (Wildman–Crippen LogP) is -2.23. The van der Waals surface area contributed by atoms with Gasteiger partial charge in [-0.2, -0.15) is 0 Å². The smallest absolute Gasteiger partial charge is 0.142 e. The van der Waals surface area contributed by atoms with E-state index in [0.717, 1.165) is 10.5 Å². The molecule has 0 heterocycles. The molecular formula is C4H16O3Si2. The van der Waals surface area contributed by atoms with Crippen molar-refractivity contribution in [3.63, 3.8) is 0 Å². The van der Waals surface area contributed by atoms with E-state index in [0.29, 0.717) is 0 Å². The summed E-state index contributed by atoms with van der Waals surface area (Å²) in [5.41, 5.74) is 0. The standard InChI is InChI=1S/C3H8O2.CH8OSi2/c1-3(5)2-4;1-4-2-3/h3-5H,2H2,1H3;4H2,1,3H3. The minimum atomic E-state index is -0.560. The fourth-order valence-corrected chi connectivity index (χ4v) is 0. The highest BCUT2D eigenvalue weighted by Gasteiger charge is 1.83. The predicted molar refractivity (Wildman–Crippen MR) is 44.2 cm³/mol. The van der Waals surface area contributed by atoms with Crippen LogP contribution < -0.4 is 0 Å². The van der Waals surface area contributed by atoms with E-state index in [1.807, 2.05) is 0 Å². The maximum atomic E-state index is 8.11. The highest BCUT2D eigenvalue weighted by Crippen LogP contribution is 1.68. The molecule has 0 radical (unpaired) electrons. The van der Waals surface area contributed by atoms with E-state index in [-0.39, 0.29) is 16.4 Å². The second-order valence-corrected chi connectivity index (χ2v) is 4.50. The van der Waals surface area contributed by atoms with Crippen molar-refractivity contribution >= 4 is 20.2 Å². The molecule has 1 unspecified atom stereocenters. The van der Waals surface area contributed by atoms with Gasteiger partial charge in [0, 0.05) is 0 Å². The summed E-state index contributed by atoms with van der Waals surface area (Å²) in [7, 11) is 0.938. The Morgan fingerprint density at radius 2 is 2.00 bits per heavy atom. The van der Waals surface area contributed by atoms with Gasteiger partial charge < -0.3 is 14.3 Å². The quantitative estimate of drug-likeness (QED) is 0.459. The van der Waals surface area contributed by atoms with Crippen molar-refractivity contribution in [3.8, 4) is 0 Å². The second kappa shape index (κ2) is 11.2. The largest absolute Gasteiger partial charge is 0.468 e. The van der Waals surface area contributed by atoms with Crippen molar-refractivity contribution in [2.45, 2.75) is 19.6 Å². The van der Waals surface area contributed by atoms with E-state index in [1.54, 1.807) is 0 Å². The van der Waals surface area contributed by atoms with E-state index >= 15 is 0 Å². The summed E-state index contributed by atoms with van der Waals surface area (Å²) in [4.78, 5) is 0. The topological polar surface area (TPSA) is 49.7 Å². The summed E-state index contributed by atoms with van der Waals surface area (Å²) in [6.07, 6.45) is -0.560. The van der Waals surface area contributed by atoms with Gasteiger partial charge in [-0.05, 0) is 6.92 Å². The molecule has 0 aromatic rings. The Hall–Kier alpha value is 0.314. The van der Waals surface area contributed by atoms with Gasteiger partial charge in [0.1, 0.15) is 20.2 Å². The minimum Gasteiger partial charge on any atom is -0.468 e. The Labute approximate surface area is 61.5 Å². The molecule has 0 saturated heterocycles. The van der Waals surface area contributed by atoms with Crippen LogP contribution in [-0.2, 0) is 4.12 Å². The summed E-state index contributed by atoms with van der Waals surface area (Å²) >= 11 is 0. The summed E-state index contributed by atoms with van der Waals surface area (Å²) in [6, 6.07) is 0. The fraction of sp³-hybridized carbons (Fsp3) is 1.00. The Morgan fingerprint density at radius 3 is 2.00 bits per heavy atom. The molecule has 5 heteroatoms. The van der Waals surface area contributed by atoms with Gasteiger partial charge in [-0.1, -0.05) is 6.55 Å². The number of aliphatic hydroxyl groups excluding tert-OH is 2. The molecule has 3 nitrogen and oxygen atoms in total. The third-order valence-corrected chi connectivity index (χ3v) is 2.86. The zero-order valence-corrected chi connectivity index (χ0v) is 9.71. The SMILES string of the molecule is CC(O)CO.C[SiH2]O[SiH3]. The third kappa shape index (κ3) is 30.2. The maximum Gasteiger partial charge on any atom is 0.142 e. The molecular weight excluding hydrogens is 152 g/mol. The Balaban J connectivity index is 0. The van der Waals surface area contributed by atoms with Crippen LogP contribution in [0.4, 0.5) is 0 Å². The van der Waals surface area contributed by atoms with E-state index in [1.165, 1.54) is 6.92 Å². The molecule has 0 aromatic heterocycles. The van der Waals surface area contributed by atoms with Gasteiger partial charge in [-0.3, -0.25) is 0 Å². The van der Waals surface area contributed by atoms with Crippen molar-refractivity contribution in [1.29, 1.82) is 0 Å². The van der Waals surface area contributed by atoms with Crippen LogP contribution in [0.25, 0.3) is 0 Å². The lowest BCUT2D eigenvalue weighted by Crippen LogP contribution is -2.03. The Kier molecular flexibility index (Phi) is 14.9. The molecule has 0 aliphatic carbocycles. The summed E-state index contributed by atoms with van der Waals surface area (Å²) in [6.45, 7) is 3.52. The summed E-state index contributed by atoms with van der Waals surface area (Å²) in [5, 5.41) is 16.0. The number of aliphatic hydroxyl groups is 2. The van der Waals surface area contributed by atoms with Crippen LogP contribution in [0, 0.1) is 0 Å². The van der Waals surface area contributed by atoms with Crippen LogP contribution in [0.1, 0.15) is 6.92 Å².